The first-order chi connectivity index (χ1) is 12.1. The van der Waals surface area contributed by atoms with E-state index in [1.165, 1.54) is 18.2 Å². The number of benzene rings is 2. The van der Waals surface area contributed by atoms with E-state index in [9.17, 15) is 9.59 Å². The van der Waals surface area contributed by atoms with E-state index >= 15 is 0 Å². The molecule has 0 radical (unpaired) electrons. The van der Waals surface area contributed by atoms with Crippen molar-refractivity contribution >= 4 is 11.9 Å². The Morgan fingerprint density at radius 2 is 1.36 bits per heavy atom. The van der Waals surface area contributed by atoms with Gasteiger partial charge in [0.05, 0.1) is 11.1 Å². The van der Waals surface area contributed by atoms with Crippen LogP contribution < -0.4 is 9.47 Å². The summed E-state index contributed by atoms with van der Waals surface area (Å²) in [4.78, 5) is 22.4. The van der Waals surface area contributed by atoms with Crippen LogP contribution in [0.3, 0.4) is 0 Å². The first kappa shape index (κ1) is 18.1. The van der Waals surface area contributed by atoms with Crippen LogP contribution in [-0.4, -0.2) is 36.9 Å². The average Bonchev–Trinajstić information content (AvgIpc) is 2.64. The maximum absolute atomic E-state index is 11.6. The number of carboxylic acid groups (broad SMARTS) is 1. The van der Waals surface area contributed by atoms with Crippen LogP contribution in [0.15, 0.2) is 61.2 Å². The number of aromatic carboxylic acids is 1. The third-order valence-electron chi connectivity index (χ3n) is 3.14. The predicted octanol–water partition coefficient (Wildman–Crippen LogP) is 3.19. The highest BCUT2D eigenvalue weighted by Crippen LogP contribution is 2.14. The Balaban J connectivity index is 1.75. The molecule has 0 amide bonds. The second-order valence-electron chi connectivity index (χ2n) is 4.94. The van der Waals surface area contributed by atoms with E-state index in [2.05, 4.69) is 6.58 Å². The zero-order valence-corrected chi connectivity index (χ0v) is 13.5. The van der Waals surface area contributed by atoms with Crippen molar-refractivity contribution in [2.24, 2.45) is 0 Å². The molecule has 25 heavy (non-hydrogen) atoms. The molecule has 6 heteroatoms. The lowest BCUT2D eigenvalue weighted by Crippen LogP contribution is -2.09. The molecule has 0 fully saturated rings. The third kappa shape index (κ3) is 5.69. The Kier molecular flexibility index (Phi) is 6.59. The average molecular weight is 342 g/mol. The largest absolute Gasteiger partial charge is 0.490 e. The highest BCUT2D eigenvalue weighted by molar-refractivity contribution is 5.89. The first-order valence-electron chi connectivity index (χ1n) is 7.57. The Morgan fingerprint density at radius 1 is 0.880 bits per heavy atom. The monoisotopic (exact) mass is 342 g/mol. The van der Waals surface area contributed by atoms with E-state index in [0.29, 0.717) is 30.3 Å². The van der Waals surface area contributed by atoms with Crippen LogP contribution in [0.25, 0.3) is 0 Å². The Morgan fingerprint density at radius 3 is 1.80 bits per heavy atom. The molecule has 1 N–H and O–H groups in total. The van der Waals surface area contributed by atoms with Crippen molar-refractivity contribution < 1.29 is 28.9 Å². The molecular weight excluding hydrogens is 324 g/mol. The van der Waals surface area contributed by atoms with E-state index in [4.69, 9.17) is 19.3 Å². The topological polar surface area (TPSA) is 82.1 Å². The molecule has 2 aromatic carbocycles. The van der Waals surface area contributed by atoms with Gasteiger partial charge in [0, 0.05) is 0 Å². The molecule has 6 nitrogen and oxygen atoms in total. The maximum atomic E-state index is 11.6. The van der Waals surface area contributed by atoms with Gasteiger partial charge in [-0.2, -0.15) is 0 Å². The summed E-state index contributed by atoms with van der Waals surface area (Å²) < 4.78 is 15.9. The van der Waals surface area contributed by atoms with Gasteiger partial charge < -0.3 is 19.3 Å². The molecule has 0 heterocycles. The standard InChI is InChI=1S/C19H18O6/c1-2-11-25-19(22)15-5-9-17(10-6-15)24-13-12-23-16-7-3-14(4-8-16)18(20)21/h2-10H,1,11-13H2,(H,20,21). The van der Waals surface area contributed by atoms with Gasteiger partial charge in [-0.25, -0.2) is 9.59 Å². The van der Waals surface area contributed by atoms with Crippen molar-refractivity contribution in [3.63, 3.8) is 0 Å². The predicted molar refractivity (Wildman–Crippen MR) is 91.3 cm³/mol. The van der Waals surface area contributed by atoms with Crippen molar-refractivity contribution in [3.8, 4) is 11.5 Å². The number of hydrogen-bond donors (Lipinski definition) is 1. The number of hydrogen-bond acceptors (Lipinski definition) is 5. The normalized spacial score (nSPS) is 9.92. The molecule has 0 aliphatic rings. The van der Waals surface area contributed by atoms with Gasteiger partial charge in [0.2, 0.25) is 0 Å². The minimum atomic E-state index is -0.980. The molecule has 0 aliphatic carbocycles. The summed E-state index contributed by atoms with van der Waals surface area (Å²) in [5, 5.41) is 8.82. The number of carboxylic acids is 1. The van der Waals surface area contributed by atoms with Crippen LogP contribution in [0, 0.1) is 0 Å². The SMILES string of the molecule is C=CCOC(=O)c1ccc(OCCOc2ccc(C(=O)O)cc2)cc1. The van der Waals surface area contributed by atoms with Gasteiger partial charge in [0.25, 0.3) is 0 Å². The summed E-state index contributed by atoms with van der Waals surface area (Å²) in [5.74, 6) is -0.231. The van der Waals surface area contributed by atoms with E-state index in [1.54, 1.807) is 36.4 Å². The minimum Gasteiger partial charge on any atom is -0.490 e. The smallest absolute Gasteiger partial charge is 0.338 e. The summed E-state index contributed by atoms with van der Waals surface area (Å²) in [6.07, 6.45) is 1.50. The molecule has 0 atom stereocenters. The summed E-state index contributed by atoms with van der Waals surface area (Å²) >= 11 is 0. The van der Waals surface area contributed by atoms with Gasteiger partial charge in [-0.1, -0.05) is 12.7 Å². The molecule has 0 spiro atoms. The van der Waals surface area contributed by atoms with Gasteiger partial charge in [-0.15, -0.1) is 0 Å². The van der Waals surface area contributed by atoms with Crippen LogP contribution in [-0.2, 0) is 4.74 Å². The van der Waals surface area contributed by atoms with Crippen molar-refractivity contribution in [1.82, 2.24) is 0 Å². The van der Waals surface area contributed by atoms with Crippen LogP contribution in [0.5, 0.6) is 11.5 Å². The van der Waals surface area contributed by atoms with Gasteiger partial charge >= 0.3 is 11.9 Å². The number of carbonyl (C=O) groups excluding carboxylic acids is 1. The number of carbonyl (C=O) groups is 2. The third-order valence-corrected chi connectivity index (χ3v) is 3.14. The van der Waals surface area contributed by atoms with Gasteiger partial charge in [-0.05, 0) is 48.5 Å². The van der Waals surface area contributed by atoms with Crippen LogP contribution in [0.2, 0.25) is 0 Å². The number of ether oxygens (including phenoxy) is 3. The van der Waals surface area contributed by atoms with Gasteiger partial charge in [0.1, 0.15) is 31.3 Å². The molecule has 0 saturated heterocycles. The Bertz CT molecular complexity index is 719. The maximum Gasteiger partial charge on any atom is 0.338 e. The highest BCUT2D eigenvalue weighted by Gasteiger charge is 2.06. The number of esters is 1. The summed E-state index contributed by atoms with van der Waals surface area (Å²) in [7, 11) is 0. The quantitative estimate of drug-likeness (QED) is 0.428. The molecule has 0 bridgehead atoms. The number of rotatable bonds is 9. The lowest BCUT2D eigenvalue weighted by Gasteiger charge is -2.09. The molecule has 0 unspecified atom stereocenters. The van der Waals surface area contributed by atoms with Crippen molar-refractivity contribution in [1.29, 1.82) is 0 Å². The van der Waals surface area contributed by atoms with E-state index < -0.39 is 11.9 Å². The lowest BCUT2D eigenvalue weighted by molar-refractivity contribution is 0.0549. The molecule has 0 aromatic heterocycles. The van der Waals surface area contributed by atoms with Crippen LogP contribution >= 0.6 is 0 Å². The summed E-state index contributed by atoms with van der Waals surface area (Å²) in [5.41, 5.74) is 0.638. The van der Waals surface area contributed by atoms with Gasteiger partial charge in [0.15, 0.2) is 0 Å². The van der Waals surface area contributed by atoms with E-state index in [0.717, 1.165) is 0 Å². The molecule has 130 valence electrons. The minimum absolute atomic E-state index is 0.169. The first-order valence-corrected chi connectivity index (χ1v) is 7.57. The molecule has 2 rings (SSSR count). The Hall–Kier alpha value is -3.28. The molecular formula is C19H18O6. The van der Waals surface area contributed by atoms with E-state index in [1.807, 2.05) is 0 Å². The van der Waals surface area contributed by atoms with Gasteiger partial charge in [-0.3, -0.25) is 0 Å². The van der Waals surface area contributed by atoms with E-state index in [-0.39, 0.29) is 12.2 Å². The van der Waals surface area contributed by atoms with Crippen molar-refractivity contribution in [2.45, 2.75) is 0 Å². The summed E-state index contributed by atoms with van der Waals surface area (Å²) in [6.45, 7) is 4.26. The lowest BCUT2D eigenvalue weighted by atomic mass is 10.2. The molecule has 0 saturated carbocycles. The highest BCUT2D eigenvalue weighted by atomic mass is 16.5. The molecule has 0 aliphatic heterocycles. The van der Waals surface area contributed by atoms with Crippen LogP contribution in [0.1, 0.15) is 20.7 Å². The fourth-order valence-electron chi connectivity index (χ4n) is 1.92. The fraction of sp³-hybridized carbons (Fsp3) is 0.158. The zero-order valence-electron chi connectivity index (χ0n) is 13.5. The van der Waals surface area contributed by atoms with Crippen molar-refractivity contribution in [2.75, 3.05) is 19.8 Å². The summed E-state index contributed by atoms with van der Waals surface area (Å²) in [6, 6.07) is 12.7. The Labute approximate surface area is 145 Å². The van der Waals surface area contributed by atoms with Crippen molar-refractivity contribution in [3.05, 3.63) is 72.3 Å². The second kappa shape index (κ2) is 9.12. The zero-order chi connectivity index (χ0) is 18.1. The molecule has 2 aromatic rings. The van der Waals surface area contributed by atoms with Crippen LogP contribution in [0.4, 0.5) is 0 Å². The fourth-order valence-corrected chi connectivity index (χ4v) is 1.92. The second-order valence-corrected chi connectivity index (χ2v) is 4.94.